The number of aromatic nitrogens is 2. The van der Waals surface area contributed by atoms with Crippen molar-refractivity contribution in [2.75, 3.05) is 32.5 Å². The SMILES string of the molecule is CCOP(=O)(CCn1c(=O)[nH]c2ccc(C3CCN(C(=O)OC(C)(C)C)CC3)cc21)OCC. The van der Waals surface area contributed by atoms with Gasteiger partial charge in [0, 0.05) is 19.6 Å². The number of likely N-dealkylation sites (tertiary alicyclic amines) is 1. The van der Waals surface area contributed by atoms with Crippen LogP contribution in [-0.4, -0.2) is 58.6 Å². The number of hydrogen-bond acceptors (Lipinski definition) is 6. The van der Waals surface area contributed by atoms with Gasteiger partial charge < -0.3 is 23.7 Å². The minimum atomic E-state index is -3.25. The summed E-state index contributed by atoms with van der Waals surface area (Å²) in [5.41, 5.74) is 1.87. The van der Waals surface area contributed by atoms with Gasteiger partial charge >= 0.3 is 19.4 Å². The smallest absolute Gasteiger partial charge is 0.410 e. The van der Waals surface area contributed by atoms with Crippen LogP contribution in [0.5, 0.6) is 0 Å². The first kappa shape index (κ1) is 25.5. The van der Waals surface area contributed by atoms with E-state index in [9.17, 15) is 14.2 Å². The number of carbonyl (C=O) groups is 1. The molecule has 0 aliphatic carbocycles. The number of carbonyl (C=O) groups excluding carboxylic acids is 1. The third-order valence-electron chi connectivity index (χ3n) is 5.67. The number of benzene rings is 1. The van der Waals surface area contributed by atoms with Crippen molar-refractivity contribution >= 4 is 24.7 Å². The van der Waals surface area contributed by atoms with Gasteiger partial charge in [-0.25, -0.2) is 9.59 Å². The van der Waals surface area contributed by atoms with Crippen molar-refractivity contribution in [1.29, 1.82) is 0 Å². The predicted octanol–water partition coefficient (Wildman–Crippen LogP) is 4.71. The fourth-order valence-electron chi connectivity index (χ4n) is 4.15. The lowest BCUT2D eigenvalue weighted by Crippen LogP contribution is -2.41. The van der Waals surface area contributed by atoms with E-state index >= 15 is 0 Å². The van der Waals surface area contributed by atoms with Crippen molar-refractivity contribution in [1.82, 2.24) is 14.5 Å². The molecule has 33 heavy (non-hydrogen) atoms. The molecule has 0 bridgehead atoms. The molecule has 1 fully saturated rings. The number of H-pyrrole nitrogens is 1. The van der Waals surface area contributed by atoms with Gasteiger partial charge in [-0.05, 0) is 71.1 Å². The van der Waals surface area contributed by atoms with Crippen LogP contribution in [0.1, 0.15) is 58.9 Å². The van der Waals surface area contributed by atoms with Gasteiger partial charge in [0.1, 0.15) is 5.60 Å². The first-order valence-electron chi connectivity index (χ1n) is 11.6. The summed E-state index contributed by atoms with van der Waals surface area (Å²) in [6.45, 7) is 11.2. The highest BCUT2D eigenvalue weighted by atomic mass is 31.2. The average Bonchev–Trinajstić information content (AvgIpc) is 3.06. The van der Waals surface area contributed by atoms with E-state index in [1.54, 1.807) is 23.3 Å². The number of fused-ring (bicyclic) bond motifs is 1. The van der Waals surface area contributed by atoms with E-state index in [0.717, 1.165) is 29.4 Å². The fraction of sp³-hybridized carbons (Fsp3) is 0.652. The third kappa shape index (κ3) is 6.49. The number of aromatic amines is 1. The van der Waals surface area contributed by atoms with E-state index in [1.807, 2.05) is 39.0 Å². The van der Waals surface area contributed by atoms with Gasteiger partial charge in [-0.15, -0.1) is 0 Å². The molecule has 9 nitrogen and oxygen atoms in total. The molecule has 0 atom stereocenters. The van der Waals surface area contributed by atoms with Crippen LogP contribution >= 0.6 is 7.60 Å². The Bertz CT molecular complexity index is 1050. The van der Waals surface area contributed by atoms with Crippen LogP contribution in [0, 0.1) is 0 Å². The van der Waals surface area contributed by atoms with Gasteiger partial charge in [0.05, 0.1) is 30.4 Å². The Labute approximate surface area is 194 Å². The Morgan fingerprint density at radius 1 is 1.15 bits per heavy atom. The third-order valence-corrected chi connectivity index (χ3v) is 7.72. The second kappa shape index (κ2) is 10.5. The van der Waals surface area contributed by atoms with Crippen molar-refractivity contribution in [2.24, 2.45) is 0 Å². The van der Waals surface area contributed by atoms with Crippen LogP contribution in [0.3, 0.4) is 0 Å². The Hall–Kier alpha value is -2.09. The van der Waals surface area contributed by atoms with Gasteiger partial charge in [-0.3, -0.25) is 9.13 Å². The molecule has 2 aromatic rings. The zero-order chi connectivity index (χ0) is 24.2. The Kier molecular flexibility index (Phi) is 8.08. The average molecular weight is 482 g/mol. The number of ether oxygens (including phenoxy) is 1. The molecule has 1 N–H and O–H groups in total. The van der Waals surface area contributed by atoms with Crippen molar-refractivity contribution in [3.05, 3.63) is 34.2 Å². The molecule has 184 valence electrons. The molecule has 3 rings (SSSR count). The molecule has 2 heterocycles. The second-order valence-electron chi connectivity index (χ2n) is 9.27. The summed E-state index contributed by atoms with van der Waals surface area (Å²) in [7, 11) is -3.25. The van der Waals surface area contributed by atoms with Gasteiger partial charge in [0.25, 0.3) is 0 Å². The minimum Gasteiger partial charge on any atom is -0.444 e. The highest BCUT2D eigenvalue weighted by molar-refractivity contribution is 7.53. The monoisotopic (exact) mass is 481 g/mol. The summed E-state index contributed by atoms with van der Waals surface area (Å²) in [6, 6.07) is 5.96. The highest BCUT2D eigenvalue weighted by Crippen LogP contribution is 2.48. The number of amides is 1. The van der Waals surface area contributed by atoms with Crippen LogP contribution in [0.15, 0.2) is 23.0 Å². The lowest BCUT2D eigenvalue weighted by Gasteiger charge is -2.33. The molecule has 0 spiro atoms. The lowest BCUT2D eigenvalue weighted by molar-refractivity contribution is 0.0205. The van der Waals surface area contributed by atoms with Crippen LogP contribution in [0.4, 0.5) is 4.79 Å². The maximum Gasteiger partial charge on any atom is 0.410 e. The van der Waals surface area contributed by atoms with E-state index in [4.69, 9.17) is 13.8 Å². The number of imidazole rings is 1. The zero-order valence-electron chi connectivity index (χ0n) is 20.3. The Balaban J connectivity index is 1.73. The number of hydrogen-bond donors (Lipinski definition) is 1. The van der Waals surface area contributed by atoms with Crippen LogP contribution in [-0.2, 0) is 24.9 Å². The van der Waals surface area contributed by atoms with E-state index < -0.39 is 13.2 Å². The van der Waals surface area contributed by atoms with Gasteiger partial charge in [-0.1, -0.05) is 6.07 Å². The van der Waals surface area contributed by atoms with E-state index in [0.29, 0.717) is 13.1 Å². The van der Waals surface area contributed by atoms with Crippen molar-refractivity contribution in [3.8, 4) is 0 Å². The second-order valence-corrected chi connectivity index (χ2v) is 11.5. The summed E-state index contributed by atoms with van der Waals surface area (Å²) in [4.78, 5) is 29.5. The molecular weight excluding hydrogens is 445 g/mol. The summed E-state index contributed by atoms with van der Waals surface area (Å²) < 4.78 is 30.6. The maximum atomic E-state index is 12.8. The molecule has 1 saturated heterocycles. The summed E-state index contributed by atoms with van der Waals surface area (Å²) in [6.07, 6.45) is 1.50. The topological polar surface area (TPSA) is 103 Å². The summed E-state index contributed by atoms with van der Waals surface area (Å²) in [5.74, 6) is 0.282. The first-order valence-corrected chi connectivity index (χ1v) is 13.4. The molecule has 1 aliphatic heterocycles. The quantitative estimate of drug-likeness (QED) is 0.548. The molecule has 1 amide bonds. The van der Waals surface area contributed by atoms with Gasteiger partial charge in [0.15, 0.2) is 0 Å². The van der Waals surface area contributed by atoms with Crippen molar-refractivity contribution in [3.63, 3.8) is 0 Å². The molecule has 1 aromatic carbocycles. The largest absolute Gasteiger partial charge is 0.444 e. The number of rotatable bonds is 8. The standard InChI is InChI=1S/C23H36N3O6P/c1-6-30-33(29,31-7-2)15-14-26-20-16-18(8-9-19(20)24-21(26)27)17-10-12-25(13-11-17)22(28)32-23(3,4)5/h8-9,16-17H,6-7,10-15H2,1-5H3,(H,24,27). The van der Waals surface area contributed by atoms with Gasteiger partial charge in [-0.2, -0.15) is 0 Å². The summed E-state index contributed by atoms with van der Waals surface area (Å²) in [5, 5.41) is 0. The number of aryl methyl sites for hydroxylation is 1. The van der Waals surface area contributed by atoms with Crippen LogP contribution in [0.2, 0.25) is 0 Å². The molecular formula is C23H36N3O6P. The fourth-order valence-corrected chi connectivity index (χ4v) is 5.71. The Morgan fingerprint density at radius 3 is 2.36 bits per heavy atom. The van der Waals surface area contributed by atoms with Crippen LogP contribution in [0.25, 0.3) is 11.0 Å². The van der Waals surface area contributed by atoms with E-state index in [2.05, 4.69) is 4.98 Å². The van der Waals surface area contributed by atoms with E-state index in [-0.39, 0.29) is 43.6 Å². The molecule has 1 aliphatic rings. The molecule has 10 heteroatoms. The minimum absolute atomic E-state index is 0.125. The number of nitrogens with one attached hydrogen (secondary N) is 1. The van der Waals surface area contributed by atoms with Crippen molar-refractivity contribution < 1.29 is 23.1 Å². The molecule has 0 saturated carbocycles. The summed E-state index contributed by atoms with van der Waals surface area (Å²) >= 11 is 0. The first-order chi connectivity index (χ1) is 15.5. The molecule has 0 radical (unpaired) electrons. The van der Waals surface area contributed by atoms with Crippen LogP contribution < -0.4 is 5.69 Å². The number of nitrogens with zero attached hydrogens (tertiary/aromatic N) is 2. The molecule has 1 aromatic heterocycles. The zero-order valence-corrected chi connectivity index (χ0v) is 21.2. The predicted molar refractivity (Wildman–Crippen MR) is 128 cm³/mol. The Morgan fingerprint density at radius 2 is 1.79 bits per heavy atom. The lowest BCUT2D eigenvalue weighted by atomic mass is 9.89. The number of piperidine rings is 1. The normalized spacial score (nSPS) is 15.8. The molecule has 0 unspecified atom stereocenters. The van der Waals surface area contributed by atoms with E-state index in [1.165, 1.54) is 0 Å². The highest BCUT2D eigenvalue weighted by Gasteiger charge is 2.28. The van der Waals surface area contributed by atoms with Crippen molar-refractivity contribution in [2.45, 2.75) is 65.5 Å². The maximum absolute atomic E-state index is 12.8. The van der Waals surface area contributed by atoms with Gasteiger partial charge in [0.2, 0.25) is 0 Å².